The van der Waals surface area contributed by atoms with Gasteiger partial charge >= 0.3 is 0 Å². The number of nitrogens with zero attached hydrogens (tertiary/aromatic N) is 4. The summed E-state index contributed by atoms with van der Waals surface area (Å²) < 4.78 is 13.7. The van der Waals surface area contributed by atoms with Crippen LogP contribution < -0.4 is 14.4 Å². The molecule has 4 aromatic rings. The molecule has 0 spiro atoms. The van der Waals surface area contributed by atoms with Gasteiger partial charge in [0.15, 0.2) is 16.6 Å². The number of aromatic nitrogens is 3. The molecule has 0 atom stereocenters. The molecule has 0 saturated heterocycles. The predicted octanol–water partition coefficient (Wildman–Crippen LogP) is 4.96. The molecule has 0 saturated carbocycles. The van der Waals surface area contributed by atoms with Gasteiger partial charge in [-0.15, -0.1) is 0 Å². The molecule has 0 radical (unpaired) electrons. The zero-order valence-electron chi connectivity index (χ0n) is 18.9. The first kappa shape index (κ1) is 22.5. The molecule has 0 aliphatic carbocycles. The van der Waals surface area contributed by atoms with Crippen molar-refractivity contribution in [2.45, 2.75) is 19.9 Å². The van der Waals surface area contributed by atoms with Gasteiger partial charge in [-0.05, 0) is 48.7 Å². The first-order valence-corrected chi connectivity index (χ1v) is 11.4. The molecule has 0 unspecified atom stereocenters. The summed E-state index contributed by atoms with van der Waals surface area (Å²) in [6, 6.07) is 11.6. The first-order valence-electron chi connectivity index (χ1n) is 10.6. The number of carbonyl (C=O) groups excluding carboxylic acids is 1. The third-order valence-corrected chi connectivity index (χ3v) is 6.33. The molecule has 170 valence electrons. The van der Waals surface area contributed by atoms with E-state index < -0.39 is 0 Å². The van der Waals surface area contributed by atoms with Crippen molar-refractivity contribution in [3.8, 4) is 11.5 Å². The van der Waals surface area contributed by atoms with Crippen LogP contribution in [0.5, 0.6) is 11.5 Å². The Labute approximate surface area is 196 Å². The number of hydrogen-bond donors (Lipinski definition) is 0. The van der Waals surface area contributed by atoms with Gasteiger partial charge in [0.2, 0.25) is 0 Å². The number of thiazole rings is 1. The maximum Gasteiger partial charge on any atom is 0.252 e. The number of imidazole rings is 1. The minimum Gasteiger partial charge on any atom is -0.493 e. The van der Waals surface area contributed by atoms with Crippen LogP contribution in [-0.4, -0.2) is 41.2 Å². The number of anilines is 1. The molecule has 7 nitrogen and oxygen atoms in total. The number of amides is 1. The lowest BCUT2D eigenvalue weighted by molar-refractivity contribution is -0.114. The number of carbonyl (C=O) groups is 1. The van der Waals surface area contributed by atoms with Gasteiger partial charge < -0.3 is 14.0 Å². The summed E-state index contributed by atoms with van der Waals surface area (Å²) in [5, 5.41) is 0.701. The van der Waals surface area contributed by atoms with Gasteiger partial charge in [0.05, 0.1) is 30.8 Å². The number of rotatable bonds is 9. The average Bonchev–Trinajstić information content (AvgIpc) is 3.50. The second-order valence-corrected chi connectivity index (χ2v) is 8.52. The van der Waals surface area contributed by atoms with Crippen LogP contribution in [0.1, 0.15) is 17.5 Å². The number of aryl methyl sites for hydroxylation is 2. The van der Waals surface area contributed by atoms with Crippen molar-refractivity contribution in [2.24, 2.45) is 0 Å². The van der Waals surface area contributed by atoms with Gasteiger partial charge in [-0.25, -0.2) is 9.97 Å². The van der Waals surface area contributed by atoms with Crippen molar-refractivity contribution in [1.29, 1.82) is 0 Å². The summed E-state index contributed by atoms with van der Waals surface area (Å²) in [6.45, 7) is 3.35. The van der Waals surface area contributed by atoms with E-state index in [1.807, 2.05) is 54.1 Å². The van der Waals surface area contributed by atoms with Crippen LogP contribution >= 0.6 is 11.3 Å². The molecule has 2 aromatic heterocycles. The predicted molar refractivity (Wildman–Crippen MR) is 132 cm³/mol. The molecule has 33 heavy (non-hydrogen) atoms. The molecule has 0 aliphatic rings. The van der Waals surface area contributed by atoms with Crippen molar-refractivity contribution in [3.05, 3.63) is 72.3 Å². The summed E-state index contributed by atoms with van der Waals surface area (Å²) >= 11 is 1.53. The van der Waals surface area contributed by atoms with E-state index in [2.05, 4.69) is 4.98 Å². The minimum absolute atomic E-state index is 0.118. The number of fused-ring (bicyclic) bond motifs is 1. The Morgan fingerprint density at radius 1 is 1.18 bits per heavy atom. The summed E-state index contributed by atoms with van der Waals surface area (Å²) in [5.74, 6) is 1.14. The van der Waals surface area contributed by atoms with Gasteiger partial charge in [-0.3, -0.25) is 9.69 Å². The fourth-order valence-electron chi connectivity index (χ4n) is 3.53. The fourth-order valence-corrected chi connectivity index (χ4v) is 4.61. The van der Waals surface area contributed by atoms with E-state index in [9.17, 15) is 4.79 Å². The van der Waals surface area contributed by atoms with E-state index in [1.165, 1.54) is 11.3 Å². The summed E-state index contributed by atoms with van der Waals surface area (Å²) in [6.07, 6.45) is 9.60. The Kier molecular flexibility index (Phi) is 7.04. The molecular formula is C25H26N4O3S. The smallest absolute Gasteiger partial charge is 0.252 e. The summed E-state index contributed by atoms with van der Waals surface area (Å²) in [4.78, 5) is 23.9. The second kappa shape index (κ2) is 10.3. The van der Waals surface area contributed by atoms with E-state index in [0.717, 1.165) is 34.3 Å². The monoisotopic (exact) mass is 462 g/mol. The Balaban J connectivity index is 1.57. The topological polar surface area (TPSA) is 69.5 Å². The summed E-state index contributed by atoms with van der Waals surface area (Å²) in [7, 11) is 3.19. The van der Waals surface area contributed by atoms with Crippen LogP contribution in [0, 0.1) is 6.92 Å². The van der Waals surface area contributed by atoms with Gasteiger partial charge in [-0.1, -0.05) is 29.5 Å². The third-order valence-electron chi connectivity index (χ3n) is 5.29. The fraction of sp³-hybridized carbons (Fsp3) is 0.240. The Morgan fingerprint density at radius 3 is 2.76 bits per heavy atom. The largest absolute Gasteiger partial charge is 0.493 e. The van der Waals surface area contributed by atoms with Gasteiger partial charge in [0, 0.05) is 31.6 Å². The maximum absolute atomic E-state index is 13.3. The molecule has 0 aliphatic heterocycles. The van der Waals surface area contributed by atoms with Crippen LogP contribution in [0.15, 0.2) is 61.2 Å². The quantitative estimate of drug-likeness (QED) is 0.329. The highest BCUT2D eigenvalue weighted by molar-refractivity contribution is 7.22. The van der Waals surface area contributed by atoms with E-state index >= 15 is 0 Å². The van der Waals surface area contributed by atoms with Gasteiger partial charge in [0.1, 0.15) is 0 Å². The van der Waals surface area contributed by atoms with Crippen LogP contribution in [0.4, 0.5) is 5.13 Å². The Bertz CT molecular complexity index is 1260. The van der Waals surface area contributed by atoms with Crippen LogP contribution in [0.2, 0.25) is 0 Å². The highest BCUT2D eigenvalue weighted by atomic mass is 32.1. The summed E-state index contributed by atoms with van der Waals surface area (Å²) in [5.41, 5.74) is 2.88. The van der Waals surface area contributed by atoms with E-state index in [1.54, 1.807) is 43.8 Å². The van der Waals surface area contributed by atoms with E-state index in [0.29, 0.717) is 23.2 Å². The third kappa shape index (κ3) is 5.23. The maximum atomic E-state index is 13.3. The van der Waals surface area contributed by atoms with Crippen LogP contribution in [0.25, 0.3) is 16.3 Å². The highest BCUT2D eigenvalue weighted by Crippen LogP contribution is 2.31. The molecular weight excluding hydrogens is 436 g/mol. The van der Waals surface area contributed by atoms with Crippen LogP contribution in [-0.2, 0) is 11.3 Å². The highest BCUT2D eigenvalue weighted by Gasteiger charge is 2.18. The molecule has 2 heterocycles. The molecule has 2 aromatic carbocycles. The normalized spacial score (nSPS) is 11.2. The van der Waals surface area contributed by atoms with Gasteiger partial charge in [-0.2, -0.15) is 0 Å². The zero-order valence-corrected chi connectivity index (χ0v) is 19.7. The number of benzene rings is 2. The standard InChI is InChI=1S/C25H26N4O3S/c1-18-6-4-7-22-24(18)27-25(33-22)29(14-5-13-28-15-12-26-17-28)23(30)11-9-19-8-10-20(31-2)21(16-19)32-3/h4,6-12,15-17H,5,13-14H2,1-3H3/b11-9+. The molecule has 1 amide bonds. The molecule has 4 rings (SSSR count). The van der Waals surface area contributed by atoms with Crippen molar-refractivity contribution < 1.29 is 14.3 Å². The molecule has 0 bridgehead atoms. The number of hydrogen-bond acceptors (Lipinski definition) is 6. The minimum atomic E-state index is -0.118. The molecule has 0 fully saturated rings. The second-order valence-electron chi connectivity index (χ2n) is 7.51. The van der Waals surface area contributed by atoms with Gasteiger partial charge in [0.25, 0.3) is 5.91 Å². The van der Waals surface area contributed by atoms with Crippen molar-refractivity contribution >= 4 is 38.7 Å². The lowest BCUT2D eigenvalue weighted by Crippen LogP contribution is -2.30. The molecule has 0 N–H and O–H groups in total. The van der Waals surface area contributed by atoms with Crippen molar-refractivity contribution in [3.63, 3.8) is 0 Å². The Hall–Kier alpha value is -3.65. The van der Waals surface area contributed by atoms with Crippen molar-refractivity contribution in [2.75, 3.05) is 25.7 Å². The molecule has 8 heteroatoms. The van der Waals surface area contributed by atoms with Crippen LogP contribution in [0.3, 0.4) is 0 Å². The lowest BCUT2D eigenvalue weighted by Gasteiger charge is -2.18. The van der Waals surface area contributed by atoms with Crippen molar-refractivity contribution in [1.82, 2.24) is 14.5 Å². The number of methoxy groups -OCH3 is 2. The SMILES string of the molecule is COc1ccc(/C=C/C(=O)N(CCCn2ccnc2)c2nc3c(C)cccc3s2)cc1OC. The number of para-hydroxylation sites is 1. The first-order chi connectivity index (χ1) is 16.1. The Morgan fingerprint density at radius 2 is 2.03 bits per heavy atom. The number of ether oxygens (including phenoxy) is 2. The van der Waals surface area contributed by atoms with E-state index in [-0.39, 0.29) is 5.91 Å². The van der Waals surface area contributed by atoms with E-state index in [4.69, 9.17) is 14.5 Å². The average molecular weight is 463 g/mol. The lowest BCUT2D eigenvalue weighted by atomic mass is 10.2. The zero-order chi connectivity index (χ0) is 23.2.